The second kappa shape index (κ2) is 8.58. The van der Waals surface area contributed by atoms with E-state index in [0.29, 0.717) is 24.3 Å². The molecule has 2 aromatic heterocycles. The Hall–Kier alpha value is -3.98. The van der Waals surface area contributed by atoms with Gasteiger partial charge >= 0.3 is 0 Å². The van der Waals surface area contributed by atoms with Gasteiger partial charge in [-0.2, -0.15) is 9.97 Å². The molecule has 0 fully saturated rings. The zero-order valence-corrected chi connectivity index (χ0v) is 16.4. The van der Waals surface area contributed by atoms with Crippen LogP contribution in [0.15, 0.2) is 54.7 Å². The number of benzene rings is 2. The van der Waals surface area contributed by atoms with Gasteiger partial charge in [0.2, 0.25) is 5.95 Å². The van der Waals surface area contributed by atoms with Gasteiger partial charge in [-0.1, -0.05) is 12.1 Å². The zero-order valence-electron chi connectivity index (χ0n) is 16.4. The third-order valence-corrected chi connectivity index (χ3v) is 4.35. The highest BCUT2D eigenvalue weighted by Crippen LogP contribution is 2.24. The van der Waals surface area contributed by atoms with Gasteiger partial charge in [-0.15, -0.1) is 0 Å². The zero-order chi connectivity index (χ0) is 20.9. The third kappa shape index (κ3) is 4.53. The molecule has 30 heavy (non-hydrogen) atoms. The number of aromatic nitrogens is 4. The van der Waals surface area contributed by atoms with Crippen LogP contribution in [0.1, 0.15) is 11.3 Å². The standard InChI is InChI=1S/C21H21N7O2/c1-29-15-6-8-17(9-7-15)30-16-4-2-13(3-5-16)10-24-11-14-12-25-20-18(26-14)19(22)27-21(23)28-20/h2-9,12,24H,10-11H2,1H3,(H4,22,23,25,27,28). The second-order valence-corrected chi connectivity index (χ2v) is 6.53. The molecule has 0 aliphatic carbocycles. The molecule has 2 aromatic carbocycles. The maximum atomic E-state index is 5.86. The Kier molecular flexibility index (Phi) is 5.53. The first-order valence-electron chi connectivity index (χ1n) is 9.27. The van der Waals surface area contributed by atoms with Crippen LogP contribution < -0.4 is 26.3 Å². The summed E-state index contributed by atoms with van der Waals surface area (Å²) in [5.41, 5.74) is 14.1. The smallest absolute Gasteiger partial charge is 0.224 e. The van der Waals surface area contributed by atoms with Gasteiger partial charge in [-0.25, -0.2) is 9.97 Å². The Labute approximate surface area is 173 Å². The molecule has 2 heterocycles. The van der Waals surface area contributed by atoms with Gasteiger partial charge in [0.15, 0.2) is 17.0 Å². The number of fused-ring (bicyclic) bond motifs is 1. The van der Waals surface area contributed by atoms with E-state index in [1.54, 1.807) is 13.3 Å². The van der Waals surface area contributed by atoms with E-state index in [4.69, 9.17) is 20.9 Å². The van der Waals surface area contributed by atoms with Crippen LogP contribution in [0.3, 0.4) is 0 Å². The van der Waals surface area contributed by atoms with E-state index in [1.165, 1.54) is 0 Å². The molecule has 5 N–H and O–H groups in total. The molecule has 9 heteroatoms. The molecule has 0 radical (unpaired) electrons. The molecule has 0 saturated heterocycles. The molecule has 0 aliphatic heterocycles. The van der Waals surface area contributed by atoms with Crippen LogP contribution in [0.2, 0.25) is 0 Å². The van der Waals surface area contributed by atoms with Crippen molar-refractivity contribution >= 4 is 22.9 Å². The van der Waals surface area contributed by atoms with Gasteiger partial charge in [0, 0.05) is 13.1 Å². The van der Waals surface area contributed by atoms with Crippen LogP contribution in [-0.4, -0.2) is 27.0 Å². The number of nitrogens with zero attached hydrogens (tertiary/aromatic N) is 4. The number of rotatable bonds is 7. The van der Waals surface area contributed by atoms with E-state index in [9.17, 15) is 0 Å². The first-order chi connectivity index (χ1) is 14.6. The van der Waals surface area contributed by atoms with Gasteiger partial charge in [0.05, 0.1) is 19.0 Å². The first kappa shape index (κ1) is 19.3. The van der Waals surface area contributed by atoms with Crippen molar-refractivity contribution in [2.75, 3.05) is 18.6 Å². The number of anilines is 2. The fraction of sp³-hybridized carbons (Fsp3) is 0.143. The fourth-order valence-electron chi connectivity index (χ4n) is 2.86. The van der Waals surface area contributed by atoms with E-state index in [-0.39, 0.29) is 11.8 Å². The van der Waals surface area contributed by atoms with Crippen molar-refractivity contribution < 1.29 is 9.47 Å². The van der Waals surface area contributed by atoms with Gasteiger partial charge in [0.25, 0.3) is 0 Å². The Morgan fingerprint density at radius 1 is 0.833 bits per heavy atom. The lowest BCUT2D eigenvalue weighted by Crippen LogP contribution is -2.14. The monoisotopic (exact) mass is 403 g/mol. The topological polar surface area (TPSA) is 134 Å². The van der Waals surface area contributed by atoms with Gasteiger partial charge in [-0.05, 0) is 42.0 Å². The SMILES string of the molecule is COc1ccc(Oc2ccc(CNCc3cnc4nc(N)nc(N)c4n3)cc2)cc1. The predicted octanol–water partition coefficient (Wildman–Crippen LogP) is 2.67. The summed E-state index contributed by atoms with van der Waals surface area (Å²) in [6.45, 7) is 1.19. The van der Waals surface area contributed by atoms with Gasteiger partial charge < -0.3 is 26.3 Å². The molecule has 0 saturated carbocycles. The maximum Gasteiger partial charge on any atom is 0.224 e. The number of hydrogen-bond donors (Lipinski definition) is 3. The average molecular weight is 403 g/mol. The Morgan fingerprint density at radius 3 is 2.20 bits per heavy atom. The summed E-state index contributed by atoms with van der Waals surface area (Å²) in [5, 5.41) is 3.33. The maximum absolute atomic E-state index is 5.86. The summed E-state index contributed by atoms with van der Waals surface area (Å²) in [6.07, 6.45) is 1.65. The third-order valence-electron chi connectivity index (χ3n) is 4.35. The van der Waals surface area contributed by atoms with Crippen molar-refractivity contribution in [3.05, 3.63) is 66.0 Å². The average Bonchev–Trinajstić information content (AvgIpc) is 2.76. The van der Waals surface area contributed by atoms with Crippen molar-refractivity contribution in [2.24, 2.45) is 0 Å². The Bertz CT molecular complexity index is 1150. The highest BCUT2D eigenvalue weighted by molar-refractivity contribution is 5.81. The minimum atomic E-state index is 0.0830. The van der Waals surface area contributed by atoms with Crippen LogP contribution in [0.5, 0.6) is 17.2 Å². The summed E-state index contributed by atoms with van der Waals surface area (Å²) in [5.74, 6) is 2.61. The molecule has 9 nitrogen and oxygen atoms in total. The van der Waals surface area contributed by atoms with Crippen molar-refractivity contribution in [3.63, 3.8) is 0 Å². The van der Waals surface area contributed by atoms with Crippen molar-refractivity contribution in [3.8, 4) is 17.2 Å². The van der Waals surface area contributed by atoms with Crippen LogP contribution in [0.4, 0.5) is 11.8 Å². The Morgan fingerprint density at radius 2 is 1.50 bits per heavy atom. The van der Waals surface area contributed by atoms with Gasteiger partial charge in [-0.3, -0.25) is 0 Å². The molecule has 0 atom stereocenters. The summed E-state index contributed by atoms with van der Waals surface area (Å²) in [4.78, 5) is 16.7. The van der Waals surface area contributed by atoms with E-state index < -0.39 is 0 Å². The molecular weight excluding hydrogens is 382 g/mol. The van der Waals surface area contributed by atoms with E-state index in [1.807, 2.05) is 48.5 Å². The number of nitrogen functional groups attached to an aromatic ring is 2. The molecule has 152 valence electrons. The highest BCUT2D eigenvalue weighted by atomic mass is 16.5. The number of methoxy groups -OCH3 is 1. The molecule has 4 rings (SSSR count). The highest BCUT2D eigenvalue weighted by Gasteiger charge is 2.07. The summed E-state index contributed by atoms with van der Waals surface area (Å²) >= 11 is 0. The minimum absolute atomic E-state index is 0.0830. The molecule has 0 bridgehead atoms. The number of nitrogens with one attached hydrogen (secondary N) is 1. The predicted molar refractivity (Wildman–Crippen MR) is 114 cm³/mol. The number of hydrogen-bond acceptors (Lipinski definition) is 9. The molecule has 0 amide bonds. The first-order valence-corrected chi connectivity index (χ1v) is 9.27. The van der Waals surface area contributed by atoms with E-state index >= 15 is 0 Å². The van der Waals surface area contributed by atoms with Crippen molar-refractivity contribution in [1.82, 2.24) is 25.3 Å². The lowest BCUT2D eigenvalue weighted by Gasteiger charge is -2.09. The summed E-state index contributed by atoms with van der Waals surface area (Å²) in [6, 6.07) is 15.3. The number of ether oxygens (including phenoxy) is 2. The van der Waals surface area contributed by atoms with E-state index in [0.717, 1.165) is 28.5 Å². The minimum Gasteiger partial charge on any atom is -0.497 e. The molecule has 0 aliphatic rings. The van der Waals surface area contributed by atoms with Crippen molar-refractivity contribution in [2.45, 2.75) is 13.1 Å². The largest absolute Gasteiger partial charge is 0.497 e. The second-order valence-electron chi connectivity index (χ2n) is 6.53. The molecule has 0 unspecified atom stereocenters. The Balaban J connectivity index is 1.33. The molecule has 4 aromatic rings. The van der Waals surface area contributed by atoms with Crippen LogP contribution in [-0.2, 0) is 13.1 Å². The lowest BCUT2D eigenvalue weighted by atomic mass is 10.2. The van der Waals surface area contributed by atoms with Gasteiger partial charge in [0.1, 0.15) is 17.2 Å². The summed E-state index contributed by atoms with van der Waals surface area (Å²) in [7, 11) is 1.63. The van der Waals surface area contributed by atoms with Crippen LogP contribution in [0, 0.1) is 0 Å². The summed E-state index contributed by atoms with van der Waals surface area (Å²) < 4.78 is 11.0. The quantitative estimate of drug-likeness (QED) is 0.426. The normalized spacial score (nSPS) is 10.8. The van der Waals surface area contributed by atoms with E-state index in [2.05, 4.69) is 25.3 Å². The van der Waals surface area contributed by atoms with Crippen LogP contribution >= 0.6 is 0 Å². The molecule has 0 spiro atoms. The fourth-order valence-corrected chi connectivity index (χ4v) is 2.86. The van der Waals surface area contributed by atoms with Crippen LogP contribution in [0.25, 0.3) is 11.2 Å². The van der Waals surface area contributed by atoms with Crippen molar-refractivity contribution in [1.29, 1.82) is 0 Å². The molecular formula is C21H21N7O2. The lowest BCUT2D eigenvalue weighted by molar-refractivity contribution is 0.413. The number of nitrogens with two attached hydrogens (primary N) is 2.